The van der Waals surface area contributed by atoms with Gasteiger partial charge in [-0.2, -0.15) is 0 Å². The van der Waals surface area contributed by atoms with E-state index >= 15 is 0 Å². The third kappa shape index (κ3) is 2.61. The van der Waals surface area contributed by atoms with Crippen molar-refractivity contribution < 1.29 is 0 Å². The van der Waals surface area contributed by atoms with E-state index in [1.54, 1.807) is 29.2 Å². The molecular formula is C14H10Cl2N2S2. The summed E-state index contributed by atoms with van der Waals surface area (Å²) in [5.41, 5.74) is 1.79. The first-order chi connectivity index (χ1) is 9.69. The van der Waals surface area contributed by atoms with Crippen LogP contribution in [0.5, 0.6) is 0 Å². The van der Waals surface area contributed by atoms with Crippen molar-refractivity contribution >= 4 is 67.3 Å². The summed E-state index contributed by atoms with van der Waals surface area (Å²) >= 11 is 15.5. The molecule has 0 unspecified atom stereocenters. The van der Waals surface area contributed by atoms with Crippen LogP contribution in [0.15, 0.2) is 41.3 Å². The summed E-state index contributed by atoms with van der Waals surface area (Å²) in [4.78, 5) is 5.80. The normalized spacial score (nSPS) is 10.9. The molecule has 2 nitrogen and oxygen atoms in total. The third-order valence-corrected chi connectivity index (χ3v) is 5.32. The predicted octanol–water partition coefficient (Wildman–Crippen LogP) is 6.07. The number of fused-ring (bicyclic) bond motifs is 1. The van der Waals surface area contributed by atoms with E-state index < -0.39 is 0 Å². The van der Waals surface area contributed by atoms with Gasteiger partial charge in [0.25, 0.3) is 0 Å². The first-order valence-electron chi connectivity index (χ1n) is 5.83. The first kappa shape index (κ1) is 14.0. The lowest BCUT2D eigenvalue weighted by Crippen LogP contribution is -1.90. The van der Waals surface area contributed by atoms with Gasteiger partial charge in [0.1, 0.15) is 0 Å². The van der Waals surface area contributed by atoms with Crippen LogP contribution in [-0.2, 0) is 0 Å². The molecule has 0 fully saturated rings. The fourth-order valence-electron chi connectivity index (χ4n) is 1.86. The maximum absolute atomic E-state index is 6.18. The van der Waals surface area contributed by atoms with Gasteiger partial charge in [-0.1, -0.05) is 46.7 Å². The van der Waals surface area contributed by atoms with Crippen LogP contribution >= 0.6 is 46.3 Å². The van der Waals surface area contributed by atoms with Crippen LogP contribution in [0.3, 0.4) is 0 Å². The molecule has 0 saturated carbocycles. The monoisotopic (exact) mass is 340 g/mol. The highest BCUT2D eigenvalue weighted by atomic mass is 35.5. The quantitative estimate of drug-likeness (QED) is 0.585. The molecule has 3 aromatic rings. The lowest BCUT2D eigenvalue weighted by molar-refractivity contribution is 1.39. The van der Waals surface area contributed by atoms with Gasteiger partial charge in [0.15, 0.2) is 5.13 Å². The lowest BCUT2D eigenvalue weighted by atomic mass is 10.3. The Bertz CT molecular complexity index is 771. The van der Waals surface area contributed by atoms with Gasteiger partial charge >= 0.3 is 0 Å². The number of nitrogens with one attached hydrogen (secondary N) is 1. The Morgan fingerprint density at radius 2 is 1.95 bits per heavy atom. The summed E-state index contributed by atoms with van der Waals surface area (Å²) in [5, 5.41) is 5.09. The van der Waals surface area contributed by atoms with Crippen molar-refractivity contribution in [2.45, 2.75) is 4.90 Å². The minimum atomic E-state index is 0.513. The maximum Gasteiger partial charge on any atom is 0.188 e. The van der Waals surface area contributed by atoms with Gasteiger partial charge in [-0.3, -0.25) is 0 Å². The Morgan fingerprint density at radius 3 is 2.75 bits per heavy atom. The average molecular weight is 341 g/mol. The van der Waals surface area contributed by atoms with Crippen molar-refractivity contribution in [3.8, 4) is 0 Å². The Kier molecular flexibility index (Phi) is 4.08. The number of anilines is 2. The fraction of sp³-hybridized carbons (Fsp3) is 0.0714. The molecule has 0 saturated heterocycles. The highest BCUT2D eigenvalue weighted by molar-refractivity contribution is 7.98. The van der Waals surface area contributed by atoms with Crippen LogP contribution in [0.25, 0.3) is 10.2 Å². The van der Waals surface area contributed by atoms with Gasteiger partial charge in [0, 0.05) is 4.90 Å². The smallest absolute Gasteiger partial charge is 0.188 e. The van der Waals surface area contributed by atoms with E-state index in [2.05, 4.69) is 28.7 Å². The number of para-hydroxylation sites is 1. The molecule has 1 aromatic heterocycles. The van der Waals surface area contributed by atoms with E-state index in [4.69, 9.17) is 23.2 Å². The van der Waals surface area contributed by atoms with Crippen molar-refractivity contribution in [2.75, 3.05) is 11.6 Å². The van der Waals surface area contributed by atoms with E-state index in [1.807, 2.05) is 18.2 Å². The number of halogens is 2. The zero-order valence-corrected chi connectivity index (χ0v) is 13.6. The highest BCUT2D eigenvalue weighted by Gasteiger charge is 2.10. The van der Waals surface area contributed by atoms with Crippen LogP contribution < -0.4 is 5.32 Å². The van der Waals surface area contributed by atoms with Crippen molar-refractivity contribution in [3.63, 3.8) is 0 Å². The molecule has 102 valence electrons. The van der Waals surface area contributed by atoms with E-state index in [9.17, 15) is 0 Å². The summed E-state index contributed by atoms with van der Waals surface area (Å²) in [6, 6.07) is 11.7. The predicted molar refractivity (Wildman–Crippen MR) is 91.1 cm³/mol. The molecule has 0 spiro atoms. The van der Waals surface area contributed by atoms with Gasteiger partial charge in [-0.15, -0.1) is 11.8 Å². The van der Waals surface area contributed by atoms with Crippen LogP contribution in [0.4, 0.5) is 10.8 Å². The molecule has 0 aliphatic heterocycles. The number of thioether (sulfide) groups is 1. The first-order valence-corrected chi connectivity index (χ1v) is 8.63. The summed E-state index contributed by atoms with van der Waals surface area (Å²) in [6.45, 7) is 0. The van der Waals surface area contributed by atoms with Crippen LogP contribution in [0, 0.1) is 0 Å². The summed E-state index contributed by atoms with van der Waals surface area (Å²) in [7, 11) is 0. The second kappa shape index (κ2) is 5.82. The second-order valence-electron chi connectivity index (χ2n) is 4.05. The molecule has 0 atom stereocenters. The van der Waals surface area contributed by atoms with Crippen molar-refractivity contribution in [2.24, 2.45) is 0 Å². The number of rotatable bonds is 3. The minimum Gasteiger partial charge on any atom is -0.330 e. The third-order valence-electron chi connectivity index (χ3n) is 2.80. The summed E-state index contributed by atoms with van der Waals surface area (Å²) in [5.74, 6) is 0. The van der Waals surface area contributed by atoms with Crippen LogP contribution in [-0.4, -0.2) is 11.2 Å². The molecule has 0 aliphatic carbocycles. The molecule has 2 aromatic carbocycles. The SMILES string of the molecule is CSc1cccc2sc(Nc3cccc(Cl)c3Cl)nc12. The Labute approximate surface area is 135 Å². The van der Waals surface area contributed by atoms with Gasteiger partial charge in [-0.05, 0) is 30.5 Å². The zero-order valence-electron chi connectivity index (χ0n) is 10.5. The molecule has 0 radical (unpaired) electrons. The Balaban J connectivity index is 2.01. The maximum atomic E-state index is 6.18. The topological polar surface area (TPSA) is 24.9 Å². The lowest BCUT2D eigenvalue weighted by Gasteiger charge is -2.05. The molecule has 1 N–H and O–H groups in total. The number of nitrogens with zero attached hydrogens (tertiary/aromatic N) is 1. The molecule has 3 rings (SSSR count). The number of thiazole rings is 1. The van der Waals surface area contributed by atoms with E-state index in [1.165, 1.54) is 4.90 Å². The van der Waals surface area contributed by atoms with Crippen molar-refractivity contribution in [1.82, 2.24) is 4.98 Å². The van der Waals surface area contributed by atoms with Gasteiger partial charge in [-0.25, -0.2) is 4.98 Å². The highest BCUT2D eigenvalue weighted by Crippen LogP contribution is 2.36. The second-order valence-corrected chi connectivity index (χ2v) is 6.72. The molecule has 1 heterocycles. The molecule has 20 heavy (non-hydrogen) atoms. The number of hydrogen-bond donors (Lipinski definition) is 1. The standard InChI is InChI=1S/C14H10Cl2N2S2/c1-19-10-6-3-7-11-13(10)18-14(20-11)17-9-5-2-4-8(15)12(9)16/h2-7H,1H3,(H,17,18). The van der Waals surface area contributed by atoms with Crippen LogP contribution in [0.2, 0.25) is 10.0 Å². The fourth-order valence-corrected chi connectivity index (χ4v) is 3.74. The Morgan fingerprint density at radius 1 is 1.15 bits per heavy atom. The Hall–Kier alpha value is -0.940. The van der Waals surface area contributed by atoms with E-state index in [-0.39, 0.29) is 0 Å². The van der Waals surface area contributed by atoms with Gasteiger partial charge in [0.05, 0.1) is 25.9 Å². The average Bonchev–Trinajstić information content (AvgIpc) is 2.86. The zero-order chi connectivity index (χ0) is 14.1. The molecule has 0 amide bonds. The van der Waals surface area contributed by atoms with Crippen molar-refractivity contribution in [3.05, 3.63) is 46.4 Å². The van der Waals surface area contributed by atoms with Gasteiger partial charge in [0.2, 0.25) is 0 Å². The molecular weight excluding hydrogens is 331 g/mol. The number of benzene rings is 2. The largest absolute Gasteiger partial charge is 0.330 e. The van der Waals surface area contributed by atoms with E-state index in [0.717, 1.165) is 21.0 Å². The van der Waals surface area contributed by atoms with Crippen molar-refractivity contribution in [1.29, 1.82) is 0 Å². The minimum absolute atomic E-state index is 0.513. The van der Waals surface area contributed by atoms with Gasteiger partial charge < -0.3 is 5.32 Å². The van der Waals surface area contributed by atoms with E-state index in [0.29, 0.717) is 10.0 Å². The summed E-state index contributed by atoms with van der Waals surface area (Å²) < 4.78 is 1.15. The molecule has 0 aliphatic rings. The molecule has 0 bridgehead atoms. The number of aromatic nitrogens is 1. The number of hydrogen-bond acceptors (Lipinski definition) is 4. The van der Waals surface area contributed by atoms with Crippen LogP contribution in [0.1, 0.15) is 0 Å². The molecule has 6 heteroatoms. The summed E-state index contributed by atoms with van der Waals surface area (Å²) in [6.07, 6.45) is 2.05.